The third-order valence-electron chi connectivity index (χ3n) is 3.48. The summed E-state index contributed by atoms with van der Waals surface area (Å²) in [4.78, 5) is 12.3. The Bertz CT molecular complexity index is 698. The monoisotopic (exact) mass is 430 g/mol. The van der Waals surface area contributed by atoms with Gasteiger partial charge < -0.3 is 15.8 Å². The molecule has 0 heterocycles. The number of halogens is 3. The third kappa shape index (κ3) is 6.65. The zero-order valence-corrected chi connectivity index (χ0v) is 16.2. The first-order chi connectivity index (χ1) is 11.5. The van der Waals surface area contributed by atoms with Crippen molar-refractivity contribution in [3.05, 3.63) is 58.3 Å². The summed E-state index contributed by atoms with van der Waals surface area (Å²) in [5.41, 5.74) is 6.98. The molecule has 2 aromatic rings. The maximum atomic E-state index is 13.2. The molecule has 7 heteroatoms. The fourth-order valence-corrected chi connectivity index (χ4v) is 2.62. The fraction of sp³-hybridized carbons (Fsp3) is 0.278. The number of benzene rings is 2. The van der Waals surface area contributed by atoms with Gasteiger partial charge in [-0.25, -0.2) is 4.39 Å². The van der Waals surface area contributed by atoms with Gasteiger partial charge in [0.25, 0.3) is 0 Å². The second-order valence-corrected chi connectivity index (χ2v) is 6.36. The Kier molecular flexibility index (Phi) is 8.89. The lowest BCUT2D eigenvalue weighted by atomic mass is 10.0. The lowest BCUT2D eigenvalue weighted by Crippen LogP contribution is -2.22. The summed E-state index contributed by atoms with van der Waals surface area (Å²) in [5, 5.41) is 2.87. The van der Waals surface area contributed by atoms with Crippen molar-refractivity contribution in [2.24, 2.45) is 11.7 Å². The number of nitrogens with one attached hydrogen (secondary N) is 1. The fourth-order valence-electron chi connectivity index (χ4n) is 2.19. The summed E-state index contributed by atoms with van der Waals surface area (Å²) in [6.07, 6.45) is 0.530. The maximum Gasteiger partial charge on any atom is 0.227 e. The van der Waals surface area contributed by atoms with Gasteiger partial charge in [-0.2, -0.15) is 0 Å². The van der Waals surface area contributed by atoms with Gasteiger partial charge >= 0.3 is 0 Å². The van der Waals surface area contributed by atoms with Gasteiger partial charge in [0.1, 0.15) is 18.2 Å². The molecule has 0 fully saturated rings. The summed E-state index contributed by atoms with van der Waals surface area (Å²) < 4.78 is 19.0. The molecule has 0 saturated heterocycles. The van der Waals surface area contributed by atoms with Crippen LogP contribution in [0.2, 0.25) is 0 Å². The van der Waals surface area contributed by atoms with Crippen molar-refractivity contribution in [3.8, 4) is 5.75 Å². The van der Waals surface area contributed by atoms with Crippen molar-refractivity contribution in [2.45, 2.75) is 13.3 Å². The van der Waals surface area contributed by atoms with Crippen LogP contribution in [0, 0.1) is 11.7 Å². The molecule has 1 amide bonds. The molecule has 0 aliphatic carbocycles. The number of rotatable bonds is 7. The van der Waals surface area contributed by atoms with Crippen LogP contribution in [0.25, 0.3) is 0 Å². The first-order valence-electron chi connectivity index (χ1n) is 7.67. The van der Waals surface area contributed by atoms with E-state index in [1.807, 2.05) is 6.92 Å². The van der Waals surface area contributed by atoms with E-state index in [4.69, 9.17) is 10.5 Å². The van der Waals surface area contributed by atoms with Gasteiger partial charge in [-0.15, -0.1) is 12.4 Å². The zero-order chi connectivity index (χ0) is 17.5. The molecule has 0 saturated carbocycles. The SMILES string of the molecule is CC(Cc1ccc(F)c(Br)c1)C(=O)Nc1ccc(OCCN)cc1.Cl. The highest BCUT2D eigenvalue weighted by atomic mass is 79.9. The molecule has 136 valence electrons. The van der Waals surface area contributed by atoms with Crippen LogP contribution in [-0.2, 0) is 11.2 Å². The van der Waals surface area contributed by atoms with Crippen molar-refractivity contribution in [1.82, 2.24) is 0 Å². The van der Waals surface area contributed by atoms with E-state index in [9.17, 15) is 9.18 Å². The number of ether oxygens (including phenoxy) is 1. The van der Waals surface area contributed by atoms with Crippen LogP contribution in [-0.4, -0.2) is 19.1 Å². The number of amides is 1. The molecule has 0 bridgehead atoms. The third-order valence-corrected chi connectivity index (χ3v) is 4.09. The number of hydrogen-bond donors (Lipinski definition) is 2. The van der Waals surface area contributed by atoms with Gasteiger partial charge in [0.15, 0.2) is 0 Å². The summed E-state index contributed by atoms with van der Waals surface area (Å²) in [7, 11) is 0. The molecular weight excluding hydrogens is 411 g/mol. The summed E-state index contributed by atoms with van der Waals surface area (Å²) in [6, 6.07) is 11.9. The van der Waals surface area contributed by atoms with Crippen LogP contribution >= 0.6 is 28.3 Å². The number of anilines is 1. The predicted molar refractivity (Wildman–Crippen MR) is 104 cm³/mol. The smallest absolute Gasteiger partial charge is 0.227 e. The molecule has 0 radical (unpaired) electrons. The normalized spacial score (nSPS) is 11.4. The highest BCUT2D eigenvalue weighted by Gasteiger charge is 2.14. The number of carbonyl (C=O) groups excluding carboxylic acids is 1. The second kappa shape index (κ2) is 10.4. The highest BCUT2D eigenvalue weighted by Crippen LogP contribution is 2.20. The van der Waals surface area contributed by atoms with Crippen LogP contribution < -0.4 is 15.8 Å². The lowest BCUT2D eigenvalue weighted by molar-refractivity contribution is -0.119. The van der Waals surface area contributed by atoms with E-state index in [-0.39, 0.29) is 30.0 Å². The van der Waals surface area contributed by atoms with E-state index in [1.54, 1.807) is 36.4 Å². The van der Waals surface area contributed by atoms with Gasteiger partial charge in [-0.3, -0.25) is 4.79 Å². The molecular formula is C18H21BrClFN2O2. The van der Waals surface area contributed by atoms with Crippen molar-refractivity contribution >= 4 is 39.9 Å². The van der Waals surface area contributed by atoms with Crippen LogP contribution in [0.4, 0.5) is 10.1 Å². The Hall–Kier alpha value is -1.63. The molecule has 2 rings (SSSR count). The standard InChI is InChI=1S/C18H20BrFN2O2.ClH/c1-12(10-13-2-7-17(20)16(19)11-13)18(23)22-14-3-5-15(6-4-14)24-9-8-21;/h2-7,11-12H,8-10,21H2,1H3,(H,22,23);1H. The molecule has 1 atom stereocenters. The van der Waals surface area contributed by atoms with E-state index in [0.717, 1.165) is 5.56 Å². The first kappa shape index (κ1) is 21.4. The van der Waals surface area contributed by atoms with E-state index in [0.29, 0.717) is 35.5 Å². The Morgan fingerprint density at radius 1 is 1.28 bits per heavy atom. The minimum Gasteiger partial charge on any atom is -0.492 e. The average molecular weight is 432 g/mol. The Morgan fingerprint density at radius 3 is 2.56 bits per heavy atom. The molecule has 3 N–H and O–H groups in total. The van der Waals surface area contributed by atoms with Crippen LogP contribution in [0.5, 0.6) is 5.75 Å². The molecule has 0 aromatic heterocycles. The van der Waals surface area contributed by atoms with Crippen LogP contribution in [0.1, 0.15) is 12.5 Å². The van der Waals surface area contributed by atoms with Gasteiger partial charge in [-0.05, 0) is 64.3 Å². The number of nitrogens with two attached hydrogens (primary N) is 1. The molecule has 0 spiro atoms. The average Bonchev–Trinajstić information content (AvgIpc) is 2.57. The summed E-state index contributed by atoms with van der Waals surface area (Å²) in [5.74, 6) is 0.0667. The van der Waals surface area contributed by atoms with Crippen molar-refractivity contribution in [2.75, 3.05) is 18.5 Å². The van der Waals surface area contributed by atoms with Crippen molar-refractivity contribution in [1.29, 1.82) is 0 Å². The Balaban J connectivity index is 0.00000312. The molecule has 0 aliphatic heterocycles. The van der Waals surface area contributed by atoms with E-state index in [2.05, 4.69) is 21.2 Å². The minimum atomic E-state index is -0.312. The second-order valence-electron chi connectivity index (χ2n) is 5.50. The molecule has 2 aromatic carbocycles. The quantitative estimate of drug-likeness (QED) is 0.692. The van der Waals surface area contributed by atoms with Gasteiger partial charge in [0.05, 0.1) is 4.47 Å². The van der Waals surface area contributed by atoms with E-state index >= 15 is 0 Å². The topological polar surface area (TPSA) is 64.3 Å². The molecule has 25 heavy (non-hydrogen) atoms. The van der Waals surface area contributed by atoms with Crippen molar-refractivity contribution < 1.29 is 13.9 Å². The van der Waals surface area contributed by atoms with E-state index in [1.165, 1.54) is 6.07 Å². The zero-order valence-electron chi connectivity index (χ0n) is 13.8. The first-order valence-corrected chi connectivity index (χ1v) is 8.46. The van der Waals surface area contributed by atoms with Gasteiger partial charge in [-0.1, -0.05) is 13.0 Å². The largest absolute Gasteiger partial charge is 0.492 e. The maximum absolute atomic E-state index is 13.2. The Morgan fingerprint density at radius 2 is 1.96 bits per heavy atom. The minimum absolute atomic E-state index is 0. The summed E-state index contributed by atoms with van der Waals surface area (Å²) >= 11 is 3.16. The molecule has 0 aliphatic rings. The van der Waals surface area contributed by atoms with Gasteiger partial charge in [0, 0.05) is 18.2 Å². The lowest BCUT2D eigenvalue weighted by Gasteiger charge is -2.13. The number of carbonyl (C=O) groups is 1. The van der Waals surface area contributed by atoms with Crippen LogP contribution in [0.3, 0.4) is 0 Å². The highest BCUT2D eigenvalue weighted by molar-refractivity contribution is 9.10. The van der Waals surface area contributed by atoms with Crippen molar-refractivity contribution in [3.63, 3.8) is 0 Å². The number of hydrogen-bond acceptors (Lipinski definition) is 3. The molecule has 4 nitrogen and oxygen atoms in total. The van der Waals surface area contributed by atoms with E-state index < -0.39 is 0 Å². The summed E-state index contributed by atoms with van der Waals surface area (Å²) in [6.45, 7) is 2.75. The van der Waals surface area contributed by atoms with Gasteiger partial charge in [0.2, 0.25) is 5.91 Å². The molecule has 1 unspecified atom stereocenters. The van der Waals surface area contributed by atoms with Crippen LogP contribution in [0.15, 0.2) is 46.9 Å². The predicted octanol–water partition coefficient (Wildman–Crippen LogP) is 4.16. The Labute approximate surface area is 161 Å².